The van der Waals surface area contributed by atoms with E-state index >= 15 is 0 Å². The van der Waals surface area contributed by atoms with Crippen LogP contribution in [0.4, 0.5) is 18.0 Å². The summed E-state index contributed by atoms with van der Waals surface area (Å²) in [6.07, 6.45) is -2.72. The van der Waals surface area contributed by atoms with Crippen molar-refractivity contribution in [2.24, 2.45) is 11.3 Å². The number of amides is 3. The Kier molecular flexibility index (Phi) is 9.00. The number of rotatable bonds is 7. The van der Waals surface area contributed by atoms with Crippen LogP contribution in [-0.2, 0) is 42.9 Å². The monoisotopic (exact) mass is 596 g/mol. The molecule has 0 radical (unpaired) electrons. The van der Waals surface area contributed by atoms with Gasteiger partial charge in [-0.1, -0.05) is 6.07 Å². The number of benzene rings is 1. The molecule has 1 aromatic carbocycles. The predicted molar refractivity (Wildman–Crippen MR) is 144 cm³/mol. The first-order valence-corrected chi connectivity index (χ1v) is 14.5. The Morgan fingerprint density at radius 2 is 2.00 bits per heavy atom. The van der Waals surface area contributed by atoms with E-state index in [1.165, 1.54) is 13.0 Å². The van der Waals surface area contributed by atoms with Crippen LogP contribution in [0.5, 0.6) is 0 Å². The van der Waals surface area contributed by atoms with Crippen LogP contribution in [0.2, 0.25) is 0 Å². The molecule has 1 aliphatic carbocycles. The van der Waals surface area contributed by atoms with Gasteiger partial charge in [-0.3, -0.25) is 9.59 Å². The first kappa shape index (κ1) is 30.6. The number of halogens is 3. The Morgan fingerprint density at radius 1 is 1.19 bits per heavy atom. The van der Waals surface area contributed by atoms with Crippen LogP contribution in [0.3, 0.4) is 0 Å². The molecule has 2 saturated heterocycles. The summed E-state index contributed by atoms with van der Waals surface area (Å²) in [4.78, 5) is 41.7. The van der Waals surface area contributed by atoms with E-state index < -0.39 is 23.2 Å². The van der Waals surface area contributed by atoms with Crippen molar-refractivity contribution in [1.82, 2.24) is 20.4 Å². The number of hydrogen-bond acceptors (Lipinski definition) is 7. The maximum atomic E-state index is 14.4. The molecule has 0 bridgehead atoms. The molecule has 2 unspecified atom stereocenters. The van der Waals surface area contributed by atoms with E-state index in [0.717, 1.165) is 24.1 Å². The van der Waals surface area contributed by atoms with Gasteiger partial charge in [-0.05, 0) is 54.9 Å². The highest BCUT2D eigenvalue weighted by atomic mass is 19.4. The molecule has 0 aromatic heterocycles. The minimum atomic E-state index is -4.47. The fourth-order valence-corrected chi connectivity index (χ4v) is 7.08. The smallest absolute Gasteiger partial charge is 0.416 e. The van der Waals surface area contributed by atoms with Crippen LogP contribution >= 0.6 is 0 Å². The third-order valence-electron chi connectivity index (χ3n) is 9.15. The number of carbonyl (C=O) groups excluding carboxylic acids is 3. The summed E-state index contributed by atoms with van der Waals surface area (Å²) in [7, 11) is 1.65. The summed E-state index contributed by atoms with van der Waals surface area (Å²) >= 11 is 0. The van der Waals surface area contributed by atoms with Crippen LogP contribution in [0.15, 0.2) is 18.2 Å². The lowest BCUT2D eigenvalue weighted by Crippen LogP contribution is -2.52. The molecule has 232 valence electrons. The molecular formula is C29H39F3N4O6. The standard InChI is InChI=1S/C29H39F3N4O6/c1-18(37)33-7-10-42-27(39)36-15-22-12-23(34-24-6-9-41-16-25(24)40-2)13-28(22,17-36)26(38)35-8-5-19-3-4-21(29(30,31)32)11-20(19)14-35/h3-4,11,22-25,34H,5-10,12-17H2,1-2H3,(H,33,37)/t22-,23+,24?,25?,28-/m0/s1. The second kappa shape index (κ2) is 12.4. The number of fused-ring (bicyclic) bond motifs is 2. The first-order chi connectivity index (χ1) is 20.0. The van der Waals surface area contributed by atoms with E-state index in [0.29, 0.717) is 51.1 Å². The highest BCUT2D eigenvalue weighted by Crippen LogP contribution is 2.51. The van der Waals surface area contributed by atoms with Gasteiger partial charge in [-0.25, -0.2) is 4.79 Å². The highest BCUT2D eigenvalue weighted by molar-refractivity contribution is 5.86. The van der Waals surface area contributed by atoms with E-state index in [2.05, 4.69) is 10.6 Å². The van der Waals surface area contributed by atoms with Gasteiger partial charge < -0.3 is 34.6 Å². The topological polar surface area (TPSA) is 109 Å². The van der Waals surface area contributed by atoms with Crippen molar-refractivity contribution in [3.63, 3.8) is 0 Å². The third kappa shape index (κ3) is 6.37. The molecule has 10 nitrogen and oxygen atoms in total. The van der Waals surface area contributed by atoms with Crippen LogP contribution < -0.4 is 10.6 Å². The van der Waals surface area contributed by atoms with Crippen molar-refractivity contribution in [3.8, 4) is 0 Å². The molecular weight excluding hydrogens is 557 g/mol. The summed E-state index contributed by atoms with van der Waals surface area (Å²) in [6, 6.07) is 3.81. The molecule has 1 aromatic rings. The average molecular weight is 597 g/mol. The normalized spacial score (nSPS) is 29.2. The lowest BCUT2D eigenvalue weighted by molar-refractivity contribution is -0.143. The van der Waals surface area contributed by atoms with Gasteiger partial charge in [-0.15, -0.1) is 0 Å². The van der Waals surface area contributed by atoms with E-state index in [1.54, 1.807) is 16.9 Å². The average Bonchev–Trinajstić information content (AvgIpc) is 3.49. The number of hydrogen-bond donors (Lipinski definition) is 2. The van der Waals surface area contributed by atoms with E-state index in [4.69, 9.17) is 14.2 Å². The molecule has 3 aliphatic heterocycles. The third-order valence-corrected chi connectivity index (χ3v) is 9.15. The van der Waals surface area contributed by atoms with Crippen molar-refractivity contribution in [2.45, 2.75) is 63.5 Å². The van der Waals surface area contributed by atoms with Crippen molar-refractivity contribution in [1.29, 1.82) is 0 Å². The quantitative estimate of drug-likeness (QED) is 0.465. The molecule has 1 saturated carbocycles. The van der Waals surface area contributed by atoms with Crippen molar-refractivity contribution in [3.05, 3.63) is 34.9 Å². The summed E-state index contributed by atoms with van der Waals surface area (Å²) in [5.74, 6) is -0.506. The van der Waals surface area contributed by atoms with Gasteiger partial charge in [0.1, 0.15) is 6.61 Å². The minimum absolute atomic E-state index is 0.00606. The van der Waals surface area contributed by atoms with Gasteiger partial charge in [0.2, 0.25) is 11.8 Å². The van der Waals surface area contributed by atoms with E-state index in [1.807, 2.05) is 0 Å². The fraction of sp³-hybridized carbons (Fsp3) is 0.690. The molecule has 5 rings (SSSR count). The maximum absolute atomic E-state index is 14.4. The van der Waals surface area contributed by atoms with Crippen LogP contribution in [-0.4, -0.2) is 99.0 Å². The molecule has 3 fully saturated rings. The number of likely N-dealkylation sites (tertiary alicyclic amines) is 1. The number of methoxy groups -OCH3 is 1. The zero-order valence-electron chi connectivity index (χ0n) is 24.0. The molecule has 42 heavy (non-hydrogen) atoms. The van der Waals surface area contributed by atoms with Gasteiger partial charge in [0.05, 0.1) is 30.2 Å². The van der Waals surface area contributed by atoms with Crippen LogP contribution in [0.1, 0.15) is 42.9 Å². The van der Waals surface area contributed by atoms with Crippen molar-refractivity contribution >= 4 is 17.9 Å². The number of ether oxygens (including phenoxy) is 3. The lowest BCUT2D eigenvalue weighted by atomic mass is 9.78. The fourth-order valence-electron chi connectivity index (χ4n) is 7.08. The molecule has 4 aliphatic rings. The summed E-state index contributed by atoms with van der Waals surface area (Å²) < 4.78 is 56.8. The number of alkyl halides is 3. The highest BCUT2D eigenvalue weighted by Gasteiger charge is 2.60. The Labute approximate surface area is 243 Å². The Balaban J connectivity index is 1.33. The Morgan fingerprint density at radius 3 is 2.74 bits per heavy atom. The summed E-state index contributed by atoms with van der Waals surface area (Å²) in [6.45, 7) is 3.68. The van der Waals surface area contributed by atoms with Gasteiger partial charge >= 0.3 is 12.3 Å². The van der Waals surface area contributed by atoms with Crippen LogP contribution in [0.25, 0.3) is 0 Å². The predicted octanol–water partition coefficient (Wildman–Crippen LogP) is 2.34. The van der Waals surface area contributed by atoms with Crippen molar-refractivity contribution < 1.29 is 41.8 Å². The summed E-state index contributed by atoms with van der Waals surface area (Å²) in [5.41, 5.74) is -0.299. The molecule has 2 N–H and O–H groups in total. The number of nitrogens with one attached hydrogen (secondary N) is 2. The molecule has 0 spiro atoms. The first-order valence-electron chi connectivity index (χ1n) is 14.5. The van der Waals surface area contributed by atoms with Gasteiger partial charge in [0.15, 0.2) is 0 Å². The van der Waals surface area contributed by atoms with Crippen molar-refractivity contribution in [2.75, 3.05) is 53.1 Å². The molecule has 3 amide bonds. The van der Waals surface area contributed by atoms with E-state index in [9.17, 15) is 27.6 Å². The molecule has 13 heteroatoms. The largest absolute Gasteiger partial charge is 0.448 e. The zero-order chi connectivity index (χ0) is 30.1. The van der Waals surface area contributed by atoms with Gasteiger partial charge in [0.25, 0.3) is 0 Å². The van der Waals surface area contributed by atoms with Gasteiger partial charge in [0, 0.05) is 58.9 Å². The zero-order valence-corrected chi connectivity index (χ0v) is 24.0. The lowest BCUT2D eigenvalue weighted by Gasteiger charge is -2.38. The minimum Gasteiger partial charge on any atom is -0.448 e. The number of nitrogens with zero attached hydrogens (tertiary/aromatic N) is 2. The second-order valence-electron chi connectivity index (χ2n) is 11.8. The molecule has 3 heterocycles. The summed E-state index contributed by atoms with van der Waals surface area (Å²) in [5, 5.41) is 6.27. The Bertz CT molecular complexity index is 1180. The number of carbonyl (C=O) groups is 3. The maximum Gasteiger partial charge on any atom is 0.416 e. The Hall–Kier alpha value is -2.90. The SMILES string of the molecule is COC1COCCC1N[C@@H]1C[C@H]2CN(C(=O)OCCNC(C)=O)C[C@@]2(C(=O)N2CCc3ccc(C(F)(F)F)cc3C2)C1. The second-order valence-corrected chi connectivity index (χ2v) is 11.8. The van der Waals surface area contributed by atoms with Crippen LogP contribution in [0, 0.1) is 11.3 Å². The molecule has 5 atom stereocenters. The van der Waals surface area contributed by atoms with Gasteiger partial charge in [-0.2, -0.15) is 13.2 Å². The van der Waals surface area contributed by atoms with E-state index in [-0.39, 0.29) is 62.2 Å².